The number of carbonyl (C=O) groups is 1. The highest BCUT2D eigenvalue weighted by Gasteiger charge is 2.23. The number of hydrogen-bond acceptors (Lipinski definition) is 5. The topological polar surface area (TPSA) is 96.8 Å². The predicted molar refractivity (Wildman–Crippen MR) is 99.7 cm³/mol. The van der Waals surface area contributed by atoms with Crippen molar-refractivity contribution in [2.75, 3.05) is 19.3 Å². The molecule has 0 aliphatic carbocycles. The molecule has 1 aliphatic heterocycles. The summed E-state index contributed by atoms with van der Waals surface area (Å²) in [6, 6.07) is 7.24. The normalized spacial score (nSPS) is 15.4. The summed E-state index contributed by atoms with van der Waals surface area (Å²) in [5.74, 6) is -0.525. The number of piperidine rings is 1. The molecule has 0 spiro atoms. The standard InChI is InChI=1S/C19H21FN2O5S/c1-28(25,26)16-4-5-18(17(20)10-16)27-12-15-3-2-14(11-21-15)13-6-8-22(9-7-13)19(23)24/h2-5,10-11,13H,6-9,12H2,1H3,(H,23,24). The van der Waals surface area contributed by atoms with Crippen LogP contribution in [0.2, 0.25) is 0 Å². The summed E-state index contributed by atoms with van der Waals surface area (Å²) in [5.41, 5.74) is 1.65. The number of aromatic nitrogens is 1. The van der Waals surface area contributed by atoms with Crippen molar-refractivity contribution in [2.45, 2.75) is 30.3 Å². The van der Waals surface area contributed by atoms with Crippen molar-refractivity contribution in [3.05, 3.63) is 53.6 Å². The van der Waals surface area contributed by atoms with Crippen molar-refractivity contribution in [2.24, 2.45) is 0 Å². The van der Waals surface area contributed by atoms with Gasteiger partial charge >= 0.3 is 6.09 Å². The Morgan fingerprint density at radius 2 is 2.00 bits per heavy atom. The summed E-state index contributed by atoms with van der Waals surface area (Å²) >= 11 is 0. The molecule has 0 atom stereocenters. The molecule has 3 rings (SSSR count). The van der Waals surface area contributed by atoms with Crippen molar-refractivity contribution < 1.29 is 27.4 Å². The molecule has 150 valence electrons. The van der Waals surface area contributed by atoms with Crippen LogP contribution in [0.3, 0.4) is 0 Å². The van der Waals surface area contributed by atoms with Gasteiger partial charge in [0.2, 0.25) is 0 Å². The van der Waals surface area contributed by atoms with Gasteiger partial charge in [-0.2, -0.15) is 0 Å². The van der Waals surface area contributed by atoms with E-state index in [4.69, 9.17) is 9.84 Å². The number of pyridine rings is 1. The van der Waals surface area contributed by atoms with Crippen molar-refractivity contribution in [3.8, 4) is 5.75 Å². The summed E-state index contributed by atoms with van der Waals surface area (Å²) in [6.45, 7) is 1.06. The average molecular weight is 408 g/mol. The third kappa shape index (κ3) is 4.78. The Kier molecular flexibility index (Phi) is 5.83. The van der Waals surface area contributed by atoms with Crippen molar-refractivity contribution in [1.29, 1.82) is 0 Å². The third-order valence-electron chi connectivity index (χ3n) is 4.79. The number of hydrogen-bond donors (Lipinski definition) is 1. The molecule has 1 fully saturated rings. The smallest absolute Gasteiger partial charge is 0.407 e. The molecule has 1 aliphatic rings. The van der Waals surface area contributed by atoms with E-state index >= 15 is 0 Å². The minimum atomic E-state index is -3.48. The lowest BCUT2D eigenvalue weighted by atomic mass is 9.90. The van der Waals surface area contributed by atoms with Gasteiger partial charge in [-0.15, -0.1) is 0 Å². The van der Waals surface area contributed by atoms with Gasteiger partial charge in [-0.05, 0) is 48.6 Å². The predicted octanol–water partition coefficient (Wildman–Crippen LogP) is 3.06. The minimum Gasteiger partial charge on any atom is -0.484 e. The van der Waals surface area contributed by atoms with E-state index in [9.17, 15) is 17.6 Å². The molecular weight excluding hydrogens is 387 g/mol. The van der Waals surface area contributed by atoms with Gasteiger partial charge in [0.25, 0.3) is 0 Å². The maximum absolute atomic E-state index is 14.0. The number of likely N-dealkylation sites (tertiary alicyclic amines) is 1. The van der Waals surface area contributed by atoms with Gasteiger partial charge in [0.05, 0.1) is 10.6 Å². The second kappa shape index (κ2) is 8.14. The fourth-order valence-electron chi connectivity index (χ4n) is 3.15. The second-order valence-corrected chi connectivity index (χ2v) is 8.80. The van der Waals surface area contributed by atoms with E-state index in [0.717, 1.165) is 30.7 Å². The maximum Gasteiger partial charge on any atom is 0.407 e. The summed E-state index contributed by atoms with van der Waals surface area (Å²) in [5, 5.41) is 9.00. The largest absolute Gasteiger partial charge is 0.484 e. The first-order valence-electron chi connectivity index (χ1n) is 8.79. The third-order valence-corrected chi connectivity index (χ3v) is 5.90. The van der Waals surface area contributed by atoms with E-state index in [1.54, 1.807) is 12.3 Å². The number of ether oxygens (including phenoxy) is 1. The zero-order valence-corrected chi connectivity index (χ0v) is 16.2. The summed E-state index contributed by atoms with van der Waals surface area (Å²) in [6.07, 6.45) is 3.37. The van der Waals surface area contributed by atoms with Gasteiger partial charge in [-0.1, -0.05) is 6.07 Å². The number of rotatable bonds is 5. The molecule has 7 nitrogen and oxygen atoms in total. The van der Waals surface area contributed by atoms with Crippen LogP contribution >= 0.6 is 0 Å². The first kappa shape index (κ1) is 20.1. The number of carboxylic acid groups (broad SMARTS) is 1. The molecule has 0 unspecified atom stereocenters. The van der Waals surface area contributed by atoms with Crippen molar-refractivity contribution >= 4 is 15.9 Å². The number of nitrogens with zero attached hydrogens (tertiary/aromatic N) is 2. The van der Waals surface area contributed by atoms with Crippen LogP contribution in [0.1, 0.15) is 30.0 Å². The quantitative estimate of drug-likeness (QED) is 0.817. The Morgan fingerprint density at radius 1 is 1.29 bits per heavy atom. The Labute approximate surface area is 162 Å². The van der Waals surface area contributed by atoms with Crippen LogP contribution in [-0.2, 0) is 16.4 Å². The molecule has 9 heteroatoms. The summed E-state index contributed by atoms with van der Waals surface area (Å²) < 4.78 is 42.3. The van der Waals surface area contributed by atoms with Crippen LogP contribution in [0.5, 0.6) is 5.75 Å². The van der Waals surface area contributed by atoms with Gasteiger partial charge in [0, 0.05) is 25.5 Å². The lowest BCUT2D eigenvalue weighted by Crippen LogP contribution is -2.36. The Hall–Kier alpha value is -2.68. The van der Waals surface area contributed by atoms with Crippen LogP contribution in [0, 0.1) is 5.82 Å². The number of amides is 1. The SMILES string of the molecule is CS(=O)(=O)c1ccc(OCc2ccc(C3CCN(C(=O)O)CC3)cn2)c(F)c1. The number of sulfone groups is 1. The first-order valence-corrected chi connectivity index (χ1v) is 10.7. The average Bonchev–Trinajstić information content (AvgIpc) is 2.67. The van der Waals surface area contributed by atoms with E-state index in [-0.39, 0.29) is 23.2 Å². The lowest BCUT2D eigenvalue weighted by Gasteiger charge is -2.30. The zero-order valence-electron chi connectivity index (χ0n) is 15.3. The Balaban J connectivity index is 1.59. The van der Waals surface area contributed by atoms with Crippen molar-refractivity contribution in [3.63, 3.8) is 0 Å². The Morgan fingerprint density at radius 3 is 2.54 bits per heavy atom. The fourth-order valence-corrected chi connectivity index (χ4v) is 3.78. The highest BCUT2D eigenvalue weighted by Crippen LogP contribution is 2.28. The number of halogens is 1. The lowest BCUT2D eigenvalue weighted by molar-refractivity contribution is 0.132. The first-order chi connectivity index (χ1) is 13.2. The summed E-state index contributed by atoms with van der Waals surface area (Å²) in [7, 11) is -3.48. The minimum absolute atomic E-state index is 0.0423. The molecule has 1 saturated heterocycles. The molecule has 1 aromatic heterocycles. The van der Waals surface area contributed by atoms with Crippen LogP contribution in [0.25, 0.3) is 0 Å². The van der Waals surface area contributed by atoms with E-state index in [0.29, 0.717) is 18.8 Å². The van der Waals surface area contributed by atoms with E-state index in [2.05, 4.69) is 4.98 Å². The van der Waals surface area contributed by atoms with Crippen LogP contribution < -0.4 is 4.74 Å². The van der Waals surface area contributed by atoms with E-state index in [1.165, 1.54) is 17.0 Å². The van der Waals surface area contributed by atoms with Crippen LogP contribution in [0.4, 0.5) is 9.18 Å². The molecular formula is C19H21FN2O5S. The molecule has 0 bridgehead atoms. The fraction of sp³-hybridized carbons (Fsp3) is 0.368. The van der Waals surface area contributed by atoms with Gasteiger partial charge in [0.15, 0.2) is 21.4 Å². The monoisotopic (exact) mass is 408 g/mol. The van der Waals surface area contributed by atoms with Gasteiger partial charge in [0.1, 0.15) is 6.61 Å². The highest BCUT2D eigenvalue weighted by atomic mass is 32.2. The van der Waals surface area contributed by atoms with Gasteiger partial charge in [-0.25, -0.2) is 17.6 Å². The van der Waals surface area contributed by atoms with E-state index < -0.39 is 21.7 Å². The molecule has 2 aromatic rings. The number of benzene rings is 1. The van der Waals surface area contributed by atoms with Crippen LogP contribution in [-0.4, -0.2) is 48.8 Å². The molecule has 1 N–H and O–H groups in total. The zero-order chi connectivity index (χ0) is 20.3. The van der Waals surface area contributed by atoms with Crippen LogP contribution in [0.15, 0.2) is 41.4 Å². The molecule has 2 heterocycles. The molecule has 0 saturated carbocycles. The maximum atomic E-state index is 14.0. The molecule has 28 heavy (non-hydrogen) atoms. The van der Waals surface area contributed by atoms with Gasteiger partial charge in [-0.3, -0.25) is 4.98 Å². The second-order valence-electron chi connectivity index (χ2n) is 6.78. The molecule has 1 amide bonds. The van der Waals surface area contributed by atoms with Gasteiger partial charge < -0.3 is 14.7 Å². The summed E-state index contributed by atoms with van der Waals surface area (Å²) in [4.78, 5) is 16.6. The Bertz CT molecular complexity index is 955. The van der Waals surface area contributed by atoms with E-state index in [1.807, 2.05) is 6.07 Å². The highest BCUT2D eigenvalue weighted by molar-refractivity contribution is 7.90. The van der Waals surface area contributed by atoms with Crippen molar-refractivity contribution in [1.82, 2.24) is 9.88 Å². The molecule has 1 aromatic carbocycles. The molecule has 0 radical (unpaired) electrons.